The summed E-state index contributed by atoms with van der Waals surface area (Å²) in [5.74, 6) is 1.69. The highest BCUT2D eigenvalue weighted by atomic mass is 16.5. The Morgan fingerprint density at radius 2 is 1.80 bits per heavy atom. The molecule has 2 saturated heterocycles. The SMILES string of the molecule is C=CCC1(C(=O)Nc2ccc3[nH]nc(-c4ccnc(OC)c4)c3c2)CCN(CC(=O)N2CCC(c3ccc(-c4ncccn4)cc3)CC2)C1. The van der Waals surface area contributed by atoms with Gasteiger partial charge in [0.15, 0.2) is 5.82 Å². The van der Waals surface area contributed by atoms with Gasteiger partial charge in [-0.3, -0.25) is 19.6 Å². The monoisotopic (exact) mass is 656 g/mol. The van der Waals surface area contributed by atoms with Crippen molar-refractivity contribution < 1.29 is 14.3 Å². The molecule has 2 amide bonds. The zero-order chi connectivity index (χ0) is 33.8. The smallest absolute Gasteiger partial charge is 0.236 e. The number of carbonyl (C=O) groups is 2. The van der Waals surface area contributed by atoms with Crippen molar-refractivity contribution in [2.75, 3.05) is 45.2 Å². The van der Waals surface area contributed by atoms with E-state index in [9.17, 15) is 9.59 Å². The number of carbonyl (C=O) groups excluding carboxylic acids is 2. The second-order valence-corrected chi connectivity index (χ2v) is 13.0. The number of anilines is 1. The van der Waals surface area contributed by atoms with Gasteiger partial charge in [-0.05, 0) is 74.0 Å². The van der Waals surface area contributed by atoms with Crippen molar-refractivity contribution in [2.24, 2.45) is 5.41 Å². The molecule has 0 radical (unpaired) electrons. The van der Waals surface area contributed by atoms with Crippen LogP contribution < -0.4 is 10.1 Å². The molecule has 49 heavy (non-hydrogen) atoms. The maximum atomic E-state index is 13.9. The van der Waals surface area contributed by atoms with Gasteiger partial charge in [-0.1, -0.05) is 30.3 Å². The van der Waals surface area contributed by atoms with Gasteiger partial charge in [0.05, 0.1) is 24.6 Å². The molecule has 2 aliphatic heterocycles. The van der Waals surface area contributed by atoms with Gasteiger partial charge in [0.25, 0.3) is 0 Å². The molecule has 2 fully saturated rings. The Morgan fingerprint density at radius 1 is 1.00 bits per heavy atom. The zero-order valence-electron chi connectivity index (χ0n) is 27.6. The lowest BCUT2D eigenvalue weighted by Gasteiger charge is -2.33. The molecule has 250 valence electrons. The van der Waals surface area contributed by atoms with Gasteiger partial charge in [-0.2, -0.15) is 5.10 Å². The van der Waals surface area contributed by atoms with E-state index >= 15 is 0 Å². The topological polar surface area (TPSA) is 129 Å². The molecular formula is C38H40N8O3. The molecule has 0 spiro atoms. The molecule has 1 unspecified atom stereocenters. The van der Waals surface area contributed by atoms with E-state index in [1.54, 1.807) is 25.7 Å². The van der Waals surface area contributed by atoms with E-state index in [2.05, 4.69) is 66.2 Å². The summed E-state index contributed by atoms with van der Waals surface area (Å²) in [6.45, 7) is 6.89. The van der Waals surface area contributed by atoms with Crippen LogP contribution in [-0.2, 0) is 9.59 Å². The van der Waals surface area contributed by atoms with Gasteiger partial charge in [0.2, 0.25) is 17.7 Å². The molecule has 0 aliphatic carbocycles. The van der Waals surface area contributed by atoms with E-state index in [1.807, 2.05) is 47.4 Å². The maximum Gasteiger partial charge on any atom is 0.236 e. The summed E-state index contributed by atoms with van der Waals surface area (Å²) in [6, 6.07) is 19.7. The molecule has 2 aliphatic rings. The van der Waals surface area contributed by atoms with E-state index in [0.29, 0.717) is 50.0 Å². The van der Waals surface area contributed by atoms with Crippen LogP contribution in [0.5, 0.6) is 5.88 Å². The Hall–Kier alpha value is -5.42. The quantitative estimate of drug-likeness (QED) is 0.183. The van der Waals surface area contributed by atoms with Crippen molar-refractivity contribution in [2.45, 2.75) is 31.6 Å². The fourth-order valence-electron chi connectivity index (χ4n) is 7.16. The van der Waals surface area contributed by atoms with Crippen molar-refractivity contribution in [3.8, 4) is 28.5 Å². The lowest BCUT2D eigenvalue weighted by Crippen LogP contribution is -2.45. The normalized spacial score (nSPS) is 18.4. The molecule has 2 aromatic carbocycles. The summed E-state index contributed by atoms with van der Waals surface area (Å²) in [5, 5.41) is 11.6. The number of aromatic amines is 1. The van der Waals surface area contributed by atoms with E-state index in [4.69, 9.17) is 4.74 Å². The van der Waals surface area contributed by atoms with Crippen LogP contribution in [0.3, 0.4) is 0 Å². The predicted octanol–water partition coefficient (Wildman–Crippen LogP) is 5.70. The predicted molar refractivity (Wildman–Crippen MR) is 189 cm³/mol. The number of rotatable bonds is 10. The average Bonchev–Trinajstić information content (AvgIpc) is 3.77. The highest BCUT2D eigenvalue weighted by Gasteiger charge is 2.44. The molecule has 2 N–H and O–H groups in total. The molecule has 11 nitrogen and oxygen atoms in total. The number of allylic oxidation sites excluding steroid dienone is 1. The maximum absolute atomic E-state index is 13.9. The van der Waals surface area contributed by atoms with Gasteiger partial charge < -0.3 is 15.0 Å². The van der Waals surface area contributed by atoms with Crippen LogP contribution in [0.2, 0.25) is 0 Å². The summed E-state index contributed by atoms with van der Waals surface area (Å²) in [5.41, 5.74) is 4.77. The van der Waals surface area contributed by atoms with E-state index in [-0.39, 0.29) is 11.8 Å². The molecule has 5 aromatic rings. The standard InChI is InChI=1S/C38H40N8O3/c1-3-14-38(37(48)42-30-9-10-32-31(23-30)35(44-43-32)29-11-18-39-33(22-29)49-2)15-21-45(25-38)24-34(47)46-19-12-27(13-20-46)26-5-7-28(8-6-26)36-40-16-4-17-41-36/h3-11,16-18,22-23,27H,1,12-15,19-21,24-25H2,2H3,(H,42,48)(H,43,44). The molecule has 3 aromatic heterocycles. The number of hydrogen-bond donors (Lipinski definition) is 2. The first-order chi connectivity index (χ1) is 23.9. The van der Waals surface area contributed by atoms with Crippen molar-refractivity contribution >= 4 is 28.4 Å². The summed E-state index contributed by atoms with van der Waals surface area (Å²) < 4.78 is 5.29. The highest BCUT2D eigenvalue weighted by molar-refractivity contribution is 6.00. The molecule has 5 heterocycles. The number of hydrogen-bond acceptors (Lipinski definition) is 8. The van der Waals surface area contributed by atoms with Crippen LogP contribution in [0, 0.1) is 5.41 Å². The Morgan fingerprint density at radius 3 is 2.55 bits per heavy atom. The number of ether oxygens (including phenoxy) is 1. The Bertz CT molecular complexity index is 1950. The third kappa shape index (κ3) is 6.80. The minimum Gasteiger partial charge on any atom is -0.481 e. The van der Waals surface area contributed by atoms with Crippen LogP contribution in [0.15, 0.2) is 91.9 Å². The summed E-state index contributed by atoms with van der Waals surface area (Å²) in [4.78, 5) is 44.3. The van der Waals surface area contributed by atoms with E-state index in [0.717, 1.165) is 59.5 Å². The number of benzene rings is 2. The number of nitrogens with zero attached hydrogens (tertiary/aromatic N) is 6. The van der Waals surface area contributed by atoms with Crippen molar-refractivity contribution in [3.63, 3.8) is 0 Å². The summed E-state index contributed by atoms with van der Waals surface area (Å²) in [6.07, 6.45) is 10.0. The minimum absolute atomic E-state index is 0.0667. The fourth-order valence-corrected chi connectivity index (χ4v) is 7.16. The Kier molecular flexibility index (Phi) is 9.17. The molecule has 1 atom stereocenters. The number of H-pyrrole nitrogens is 1. The van der Waals surface area contributed by atoms with Crippen LogP contribution in [-0.4, -0.2) is 86.6 Å². The number of nitrogens with one attached hydrogen (secondary N) is 2. The largest absolute Gasteiger partial charge is 0.481 e. The van der Waals surface area contributed by atoms with E-state index < -0.39 is 5.41 Å². The van der Waals surface area contributed by atoms with Gasteiger partial charge in [-0.25, -0.2) is 15.0 Å². The molecule has 11 heteroatoms. The minimum atomic E-state index is -0.668. The van der Waals surface area contributed by atoms with Gasteiger partial charge in [0.1, 0.15) is 5.69 Å². The Labute approximate surface area is 285 Å². The number of methoxy groups -OCH3 is 1. The molecular weight excluding hydrogens is 616 g/mol. The fraction of sp³-hybridized carbons (Fsp3) is 0.316. The lowest BCUT2D eigenvalue weighted by atomic mass is 9.82. The molecule has 7 rings (SSSR count). The number of fused-ring (bicyclic) bond motifs is 1. The van der Waals surface area contributed by atoms with E-state index in [1.165, 1.54) is 5.56 Å². The number of aromatic nitrogens is 5. The Balaban J connectivity index is 0.959. The average molecular weight is 657 g/mol. The van der Waals surface area contributed by atoms with Crippen LogP contribution >= 0.6 is 0 Å². The second kappa shape index (κ2) is 14.0. The van der Waals surface area contributed by atoms with Gasteiger partial charge in [0, 0.05) is 66.5 Å². The second-order valence-electron chi connectivity index (χ2n) is 13.0. The number of pyridine rings is 1. The van der Waals surface area contributed by atoms with Gasteiger partial charge in [-0.15, -0.1) is 6.58 Å². The third-order valence-electron chi connectivity index (χ3n) is 9.90. The van der Waals surface area contributed by atoms with Crippen LogP contribution in [0.1, 0.15) is 37.2 Å². The number of likely N-dealkylation sites (tertiary alicyclic amines) is 2. The first kappa shape index (κ1) is 32.1. The third-order valence-corrected chi connectivity index (χ3v) is 9.90. The number of piperidine rings is 1. The number of amides is 2. The molecule has 0 bridgehead atoms. The zero-order valence-corrected chi connectivity index (χ0v) is 27.6. The van der Waals surface area contributed by atoms with Crippen molar-refractivity contribution in [1.29, 1.82) is 0 Å². The highest BCUT2D eigenvalue weighted by Crippen LogP contribution is 2.37. The summed E-state index contributed by atoms with van der Waals surface area (Å²) >= 11 is 0. The van der Waals surface area contributed by atoms with Crippen molar-refractivity contribution in [1.82, 2.24) is 34.9 Å². The van der Waals surface area contributed by atoms with Crippen molar-refractivity contribution in [3.05, 3.63) is 97.5 Å². The molecule has 0 saturated carbocycles. The van der Waals surface area contributed by atoms with Gasteiger partial charge >= 0.3 is 0 Å². The van der Waals surface area contributed by atoms with Crippen LogP contribution in [0.25, 0.3) is 33.5 Å². The summed E-state index contributed by atoms with van der Waals surface area (Å²) in [7, 11) is 1.58. The first-order valence-corrected chi connectivity index (χ1v) is 16.7. The first-order valence-electron chi connectivity index (χ1n) is 16.7. The lowest BCUT2D eigenvalue weighted by molar-refractivity contribution is -0.134. The van der Waals surface area contributed by atoms with Crippen LogP contribution in [0.4, 0.5) is 5.69 Å².